The molecule has 0 radical (unpaired) electrons. The van der Waals surface area contributed by atoms with Crippen molar-refractivity contribution in [2.75, 3.05) is 0 Å². The molecule has 182 valence electrons. The Balaban J connectivity index is 2.14. The second-order valence-electron chi connectivity index (χ2n) is 7.81. The summed E-state index contributed by atoms with van der Waals surface area (Å²) in [6.45, 7) is 0. The van der Waals surface area contributed by atoms with Gasteiger partial charge in [0.2, 0.25) is 17.7 Å². The molecule has 0 fully saturated rings. The fourth-order valence-corrected chi connectivity index (χ4v) is 3.15. The Morgan fingerprint density at radius 2 is 1.24 bits per heavy atom. The molecular weight excluding hydrogens is 444 g/mol. The standard InChI is InChI=1S/C23H28N4O7/c24-17(11-13-1-5-15(28)6-2-13)21(31)27-19(12-14-3-7-16(29)8-4-14)22(32)26-18(23(33)34)9-10-20(25)30/h1-8,17-19,28-29H,9-12,24H2,(H2,25,30)(H,26,32)(H,27,31)(H,33,34). The van der Waals surface area contributed by atoms with E-state index in [0.29, 0.717) is 11.1 Å². The molecule has 0 aliphatic heterocycles. The minimum atomic E-state index is -1.38. The molecule has 2 rings (SSSR count). The molecule has 0 aliphatic carbocycles. The van der Waals surface area contributed by atoms with E-state index in [1.54, 1.807) is 24.3 Å². The van der Waals surface area contributed by atoms with Crippen molar-refractivity contribution in [2.24, 2.45) is 11.5 Å². The van der Waals surface area contributed by atoms with Gasteiger partial charge in [0.15, 0.2) is 0 Å². The molecule has 34 heavy (non-hydrogen) atoms. The van der Waals surface area contributed by atoms with Crippen LogP contribution in [0.3, 0.4) is 0 Å². The number of phenols is 2. The maximum atomic E-state index is 12.9. The number of carbonyl (C=O) groups is 4. The third-order valence-electron chi connectivity index (χ3n) is 5.03. The van der Waals surface area contributed by atoms with E-state index in [4.69, 9.17) is 11.5 Å². The van der Waals surface area contributed by atoms with Gasteiger partial charge in [0.25, 0.3) is 0 Å². The molecule has 11 nitrogen and oxygen atoms in total. The first-order chi connectivity index (χ1) is 16.0. The molecule has 0 aromatic heterocycles. The Kier molecular flexibility index (Phi) is 9.38. The molecule has 3 unspecified atom stereocenters. The van der Waals surface area contributed by atoms with Crippen LogP contribution in [0.25, 0.3) is 0 Å². The van der Waals surface area contributed by atoms with E-state index in [-0.39, 0.29) is 37.2 Å². The molecule has 0 heterocycles. The van der Waals surface area contributed by atoms with Crippen molar-refractivity contribution >= 4 is 23.7 Å². The molecule has 2 aromatic rings. The lowest BCUT2D eigenvalue weighted by Gasteiger charge is -2.23. The normalized spacial score (nSPS) is 13.3. The number of hydrogen-bond acceptors (Lipinski definition) is 7. The number of rotatable bonds is 12. The topological polar surface area (TPSA) is 205 Å². The van der Waals surface area contributed by atoms with Crippen molar-refractivity contribution in [2.45, 2.75) is 43.8 Å². The summed E-state index contributed by atoms with van der Waals surface area (Å²) in [7, 11) is 0. The van der Waals surface area contributed by atoms with Crippen LogP contribution >= 0.6 is 0 Å². The molecule has 2 aromatic carbocycles. The molecule has 0 spiro atoms. The summed E-state index contributed by atoms with van der Waals surface area (Å²) >= 11 is 0. The predicted molar refractivity (Wildman–Crippen MR) is 122 cm³/mol. The van der Waals surface area contributed by atoms with Gasteiger partial charge >= 0.3 is 5.97 Å². The Morgan fingerprint density at radius 1 is 0.765 bits per heavy atom. The van der Waals surface area contributed by atoms with Crippen molar-refractivity contribution in [3.63, 3.8) is 0 Å². The van der Waals surface area contributed by atoms with Crippen molar-refractivity contribution in [3.05, 3.63) is 59.7 Å². The number of benzene rings is 2. The zero-order valence-corrected chi connectivity index (χ0v) is 18.3. The molecule has 0 saturated carbocycles. The molecule has 11 heteroatoms. The fraction of sp³-hybridized carbons (Fsp3) is 0.304. The number of carboxylic acid groups (broad SMARTS) is 1. The number of aromatic hydroxyl groups is 2. The largest absolute Gasteiger partial charge is 0.508 e. The molecule has 3 amide bonds. The van der Waals surface area contributed by atoms with Gasteiger partial charge < -0.3 is 37.4 Å². The van der Waals surface area contributed by atoms with Crippen molar-refractivity contribution < 1.29 is 34.5 Å². The van der Waals surface area contributed by atoms with Gasteiger partial charge in [-0.25, -0.2) is 4.79 Å². The third-order valence-corrected chi connectivity index (χ3v) is 5.03. The van der Waals surface area contributed by atoms with E-state index in [1.807, 2.05) is 0 Å². The lowest BCUT2D eigenvalue weighted by Crippen LogP contribution is -2.55. The molecule has 0 bridgehead atoms. The summed E-state index contributed by atoms with van der Waals surface area (Å²) in [6.07, 6.45) is -0.331. The van der Waals surface area contributed by atoms with Crippen LogP contribution in [0.15, 0.2) is 48.5 Å². The Morgan fingerprint density at radius 3 is 1.71 bits per heavy atom. The van der Waals surface area contributed by atoms with Crippen molar-refractivity contribution in [1.29, 1.82) is 0 Å². The summed E-state index contributed by atoms with van der Waals surface area (Å²) in [5.74, 6) is -3.41. The molecule has 3 atom stereocenters. The molecule has 0 saturated heterocycles. The zero-order valence-electron chi connectivity index (χ0n) is 18.3. The summed E-state index contributed by atoms with van der Waals surface area (Å²) in [4.78, 5) is 48.1. The number of nitrogens with two attached hydrogens (primary N) is 2. The van der Waals surface area contributed by atoms with E-state index >= 15 is 0 Å². The lowest BCUT2D eigenvalue weighted by atomic mass is 10.0. The van der Waals surface area contributed by atoms with Crippen molar-refractivity contribution in [3.8, 4) is 11.5 Å². The molecular formula is C23H28N4O7. The van der Waals surface area contributed by atoms with Crippen LogP contribution in [-0.2, 0) is 32.0 Å². The Bertz CT molecular complexity index is 1010. The third kappa shape index (κ3) is 8.43. The van der Waals surface area contributed by atoms with Gasteiger partial charge in [0, 0.05) is 12.8 Å². The van der Waals surface area contributed by atoms with Gasteiger partial charge in [-0.2, -0.15) is 0 Å². The first-order valence-corrected chi connectivity index (χ1v) is 10.5. The zero-order chi connectivity index (χ0) is 25.3. The maximum Gasteiger partial charge on any atom is 0.326 e. The van der Waals surface area contributed by atoms with E-state index in [2.05, 4.69) is 10.6 Å². The van der Waals surface area contributed by atoms with Gasteiger partial charge in [-0.1, -0.05) is 24.3 Å². The van der Waals surface area contributed by atoms with Gasteiger partial charge in [0.05, 0.1) is 6.04 Å². The highest BCUT2D eigenvalue weighted by molar-refractivity contribution is 5.92. The molecule has 0 aliphatic rings. The average molecular weight is 472 g/mol. The summed E-state index contributed by atoms with van der Waals surface area (Å²) in [6, 6.07) is 8.48. The number of aliphatic carboxylic acids is 1. The summed E-state index contributed by atoms with van der Waals surface area (Å²) in [5, 5.41) is 33.1. The lowest BCUT2D eigenvalue weighted by molar-refractivity contribution is -0.142. The minimum absolute atomic E-state index is 0.00799. The number of carbonyl (C=O) groups excluding carboxylic acids is 3. The SMILES string of the molecule is NC(=O)CCC(NC(=O)C(Cc1ccc(O)cc1)NC(=O)C(N)Cc1ccc(O)cc1)C(=O)O. The number of amides is 3. The predicted octanol–water partition coefficient (Wildman–Crippen LogP) is -0.470. The second-order valence-corrected chi connectivity index (χ2v) is 7.81. The average Bonchev–Trinajstić information content (AvgIpc) is 2.78. The number of carboxylic acids is 1. The van der Waals surface area contributed by atoms with Gasteiger partial charge in [-0.05, 0) is 48.2 Å². The highest BCUT2D eigenvalue weighted by Gasteiger charge is 2.28. The van der Waals surface area contributed by atoms with Crippen LogP contribution in [-0.4, -0.2) is 57.1 Å². The van der Waals surface area contributed by atoms with E-state index in [9.17, 15) is 34.5 Å². The number of phenolic OH excluding ortho intramolecular Hbond substituents is 2. The van der Waals surface area contributed by atoms with Crippen LogP contribution in [0, 0.1) is 0 Å². The van der Waals surface area contributed by atoms with Gasteiger partial charge in [-0.3, -0.25) is 14.4 Å². The fourth-order valence-electron chi connectivity index (χ4n) is 3.15. The number of primary amides is 1. The van der Waals surface area contributed by atoms with Gasteiger partial charge in [0.1, 0.15) is 23.6 Å². The van der Waals surface area contributed by atoms with Crippen LogP contribution in [0.2, 0.25) is 0 Å². The number of nitrogens with one attached hydrogen (secondary N) is 2. The summed E-state index contributed by atoms with van der Waals surface area (Å²) < 4.78 is 0. The summed E-state index contributed by atoms with van der Waals surface area (Å²) in [5.41, 5.74) is 12.3. The maximum absolute atomic E-state index is 12.9. The highest BCUT2D eigenvalue weighted by Crippen LogP contribution is 2.13. The van der Waals surface area contributed by atoms with Crippen molar-refractivity contribution in [1.82, 2.24) is 10.6 Å². The Hall–Kier alpha value is -4.12. The second kappa shape index (κ2) is 12.2. The molecule has 9 N–H and O–H groups in total. The van der Waals surface area contributed by atoms with Crippen LogP contribution in [0.5, 0.6) is 11.5 Å². The van der Waals surface area contributed by atoms with E-state index in [1.165, 1.54) is 24.3 Å². The van der Waals surface area contributed by atoms with Crippen LogP contribution < -0.4 is 22.1 Å². The monoisotopic (exact) mass is 472 g/mol. The highest BCUT2D eigenvalue weighted by atomic mass is 16.4. The van der Waals surface area contributed by atoms with Crippen LogP contribution in [0.4, 0.5) is 0 Å². The Labute approximate surface area is 195 Å². The quantitative estimate of drug-likeness (QED) is 0.214. The van der Waals surface area contributed by atoms with Gasteiger partial charge in [-0.15, -0.1) is 0 Å². The van der Waals surface area contributed by atoms with Crippen LogP contribution in [0.1, 0.15) is 24.0 Å². The van der Waals surface area contributed by atoms with E-state index in [0.717, 1.165) is 0 Å². The number of hydrogen-bond donors (Lipinski definition) is 7. The smallest absolute Gasteiger partial charge is 0.326 e. The first kappa shape index (κ1) is 26.1. The van der Waals surface area contributed by atoms with E-state index < -0.39 is 41.8 Å². The first-order valence-electron chi connectivity index (χ1n) is 10.5. The minimum Gasteiger partial charge on any atom is -0.508 e.